The number of hydrogen-bond acceptors (Lipinski definition) is 2. The molecule has 0 radical (unpaired) electrons. The summed E-state index contributed by atoms with van der Waals surface area (Å²) in [6, 6.07) is 3.39. The minimum Gasteiger partial charge on any atom is -0.390 e. The van der Waals surface area contributed by atoms with E-state index >= 15 is 0 Å². The average molecular weight is 183 g/mol. The monoisotopic (exact) mass is 182 g/mol. The third-order valence-corrected chi connectivity index (χ3v) is 1.28. The van der Waals surface area contributed by atoms with Crippen LogP contribution in [0.3, 0.4) is 0 Å². The molecule has 0 amide bonds. The molecule has 4 nitrogen and oxygen atoms in total. The Hall–Kier alpha value is -1.42. The summed E-state index contributed by atoms with van der Waals surface area (Å²) >= 11 is 5.61. The number of rotatable bonds is 2. The minimum absolute atomic E-state index is 0.546. The molecule has 0 bridgehead atoms. The van der Waals surface area contributed by atoms with Crippen LogP contribution in [0.15, 0.2) is 28.3 Å². The van der Waals surface area contributed by atoms with Gasteiger partial charge in [0.2, 0.25) is 0 Å². The third kappa shape index (κ3) is 2.67. The van der Waals surface area contributed by atoms with Gasteiger partial charge in [0.05, 0.1) is 11.4 Å². The molecule has 12 heavy (non-hydrogen) atoms. The van der Waals surface area contributed by atoms with Crippen molar-refractivity contribution in [3.8, 4) is 0 Å². The van der Waals surface area contributed by atoms with Crippen molar-refractivity contribution in [3.05, 3.63) is 23.4 Å². The summed E-state index contributed by atoms with van der Waals surface area (Å²) in [5.41, 5.74) is 4.99. The fourth-order valence-electron chi connectivity index (χ4n) is 0.575. The van der Waals surface area contributed by atoms with Crippen molar-refractivity contribution in [2.24, 2.45) is 15.7 Å². The quantitative estimate of drug-likeness (QED) is 0.555. The van der Waals surface area contributed by atoms with Crippen molar-refractivity contribution >= 4 is 30.1 Å². The first-order valence-corrected chi connectivity index (χ1v) is 3.58. The van der Waals surface area contributed by atoms with Crippen LogP contribution < -0.4 is 5.73 Å². The molecule has 1 aromatic rings. The van der Waals surface area contributed by atoms with Crippen LogP contribution >= 0.6 is 11.6 Å². The van der Waals surface area contributed by atoms with Crippen LogP contribution in [0.2, 0.25) is 5.02 Å². The maximum absolute atomic E-state index is 5.61. The van der Waals surface area contributed by atoms with E-state index in [0.29, 0.717) is 10.8 Å². The number of hydrogen-bond donors (Lipinski definition) is 1. The summed E-state index contributed by atoms with van der Waals surface area (Å²) < 4.78 is 0. The van der Waals surface area contributed by atoms with Crippen molar-refractivity contribution in [2.45, 2.75) is 0 Å². The van der Waals surface area contributed by atoms with Gasteiger partial charge in [0.15, 0.2) is 5.82 Å². The first-order valence-electron chi connectivity index (χ1n) is 3.20. The zero-order chi connectivity index (χ0) is 8.81. The van der Waals surface area contributed by atoms with E-state index in [0.717, 1.165) is 6.34 Å². The molecule has 5 heteroatoms. The molecule has 62 valence electrons. The van der Waals surface area contributed by atoms with E-state index < -0.39 is 0 Å². The highest BCUT2D eigenvalue weighted by atomic mass is 35.5. The van der Waals surface area contributed by atoms with E-state index in [2.05, 4.69) is 15.0 Å². The van der Waals surface area contributed by atoms with Gasteiger partial charge in [-0.3, -0.25) is 0 Å². The lowest BCUT2D eigenvalue weighted by molar-refractivity contribution is 1.28. The molecule has 0 aromatic carbocycles. The van der Waals surface area contributed by atoms with Crippen LogP contribution in [0.4, 0.5) is 5.82 Å². The molecule has 1 rings (SSSR count). The largest absolute Gasteiger partial charge is 0.390 e. The van der Waals surface area contributed by atoms with Gasteiger partial charge in [-0.2, -0.15) is 0 Å². The van der Waals surface area contributed by atoms with E-state index in [-0.39, 0.29) is 0 Å². The molecule has 0 unspecified atom stereocenters. The number of pyridine rings is 1. The molecule has 0 aliphatic carbocycles. The average Bonchev–Trinajstić information content (AvgIpc) is 2.09. The zero-order valence-corrected chi connectivity index (χ0v) is 6.94. The van der Waals surface area contributed by atoms with Crippen molar-refractivity contribution in [2.75, 3.05) is 0 Å². The SMILES string of the molecule is NC=NC=Nc1ccc(Cl)cn1. The second kappa shape index (κ2) is 4.46. The van der Waals surface area contributed by atoms with Gasteiger partial charge in [0, 0.05) is 6.20 Å². The van der Waals surface area contributed by atoms with Gasteiger partial charge < -0.3 is 5.73 Å². The number of nitrogens with zero attached hydrogens (tertiary/aromatic N) is 3. The first kappa shape index (κ1) is 8.67. The Balaban J connectivity index is 2.70. The van der Waals surface area contributed by atoms with E-state index in [4.69, 9.17) is 17.3 Å². The third-order valence-electron chi connectivity index (χ3n) is 1.05. The lowest BCUT2D eigenvalue weighted by Crippen LogP contribution is -1.87. The summed E-state index contributed by atoms with van der Waals surface area (Å²) in [6.07, 6.45) is 3.98. The Labute approximate surface area is 74.8 Å². The number of halogens is 1. The van der Waals surface area contributed by atoms with Crippen LogP contribution in [0.1, 0.15) is 0 Å². The van der Waals surface area contributed by atoms with E-state index in [9.17, 15) is 0 Å². The van der Waals surface area contributed by atoms with Gasteiger partial charge in [-0.05, 0) is 12.1 Å². The van der Waals surface area contributed by atoms with E-state index in [1.807, 2.05) is 0 Å². The highest BCUT2D eigenvalue weighted by molar-refractivity contribution is 6.30. The Morgan fingerprint density at radius 2 is 2.33 bits per heavy atom. The molecule has 0 aliphatic rings. The normalized spacial score (nSPS) is 11.4. The number of nitrogens with two attached hydrogens (primary N) is 1. The fourth-order valence-corrected chi connectivity index (χ4v) is 0.687. The topological polar surface area (TPSA) is 63.6 Å². The molecule has 1 aromatic heterocycles. The first-order chi connectivity index (χ1) is 5.83. The van der Waals surface area contributed by atoms with Crippen molar-refractivity contribution in [1.82, 2.24) is 4.98 Å². The summed E-state index contributed by atoms with van der Waals surface area (Å²) in [5.74, 6) is 0.546. The highest BCUT2D eigenvalue weighted by Gasteiger charge is 1.88. The molecule has 0 aliphatic heterocycles. The van der Waals surface area contributed by atoms with Gasteiger partial charge >= 0.3 is 0 Å². The molecule has 0 saturated carbocycles. The minimum atomic E-state index is 0.546. The second-order valence-corrected chi connectivity index (χ2v) is 2.31. The maximum atomic E-state index is 5.61. The smallest absolute Gasteiger partial charge is 0.153 e. The fraction of sp³-hybridized carbons (Fsp3) is 0. The molecule has 1 heterocycles. The Kier molecular flexibility index (Phi) is 3.22. The number of aliphatic imine (C=N–C) groups is 2. The zero-order valence-electron chi connectivity index (χ0n) is 6.18. The predicted molar refractivity (Wildman–Crippen MR) is 50.1 cm³/mol. The molecule has 0 saturated heterocycles. The molecule has 0 atom stereocenters. The highest BCUT2D eigenvalue weighted by Crippen LogP contribution is 2.11. The van der Waals surface area contributed by atoms with Gasteiger partial charge in [-0.1, -0.05) is 11.6 Å². The molecular formula is C7H7ClN4. The summed E-state index contributed by atoms with van der Waals surface area (Å²) in [6.45, 7) is 0. The second-order valence-electron chi connectivity index (χ2n) is 1.88. The van der Waals surface area contributed by atoms with Crippen LogP contribution in [0.25, 0.3) is 0 Å². The van der Waals surface area contributed by atoms with Crippen LogP contribution in [-0.2, 0) is 0 Å². The number of aromatic nitrogens is 1. The molecule has 2 N–H and O–H groups in total. The molecule has 0 spiro atoms. The van der Waals surface area contributed by atoms with E-state index in [1.165, 1.54) is 12.5 Å². The van der Waals surface area contributed by atoms with Crippen LogP contribution in [0.5, 0.6) is 0 Å². The lowest BCUT2D eigenvalue weighted by atomic mass is 10.5. The van der Waals surface area contributed by atoms with Crippen molar-refractivity contribution in [1.29, 1.82) is 0 Å². The summed E-state index contributed by atoms with van der Waals surface area (Å²) in [7, 11) is 0. The summed E-state index contributed by atoms with van der Waals surface area (Å²) in [4.78, 5) is 11.3. The maximum Gasteiger partial charge on any atom is 0.153 e. The molecule has 0 fully saturated rings. The Bertz CT molecular complexity index is 291. The summed E-state index contributed by atoms with van der Waals surface area (Å²) in [5, 5.41) is 0.580. The van der Waals surface area contributed by atoms with Gasteiger partial charge in [0.1, 0.15) is 6.34 Å². The lowest BCUT2D eigenvalue weighted by Gasteiger charge is -1.89. The van der Waals surface area contributed by atoms with Crippen LogP contribution in [0, 0.1) is 0 Å². The van der Waals surface area contributed by atoms with Gasteiger partial charge in [-0.15, -0.1) is 0 Å². The predicted octanol–water partition coefficient (Wildman–Crippen LogP) is 1.38. The molecular weight excluding hydrogens is 176 g/mol. The standard InChI is InChI=1S/C7H7ClN4/c8-6-1-2-7(11-3-6)12-5-10-4-9/h1-5H,(H2,9,10,11,12). The van der Waals surface area contributed by atoms with Crippen LogP contribution in [-0.4, -0.2) is 17.7 Å². The Morgan fingerprint density at radius 1 is 1.50 bits per heavy atom. The Morgan fingerprint density at radius 3 is 2.92 bits per heavy atom. The van der Waals surface area contributed by atoms with E-state index in [1.54, 1.807) is 12.1 Å². The van der Waals surface area contributed by atoms with Gasteiger partial charge in [-0.25, -0.2) is 15.0 Å². The van der Waals surface area contributed by atoms with Crippen molar-refractivity contribution in [3.63, 3.8) is 0 Å². The van der Waals surface area contributed by atoms with Gasteiger partial charge in [0.25, 0.3) is 0 Å². The van der Waals surface area contributed by atoms with Crippen molar-refractivity contribution < 1.29 is 0 Å².